The zero-order valence-corrected chi connectivity index (χ0v) is 20.9. The van der Waals surface area contributed by atoms with Crippen LogP contribution >= 0.6 is 22.6 Å². The normalized spacial score (nSPS) is 12.8. The summed E-state index contributed by atoms with van der Waals surface area (Å²) in [5.74, 6) is -2.14. The molecule has 2 aromatic carbocycles. The van der Waals surface area contributed by atoms with Crippen molar-refractivity contribution in [2.45, 2.75) is 24.2 Å². The van der Waals surface area contributed by atoms with Crippen LogP contribution in [0.25, 0.3) is 11.3 Å². The molecule has 0 aliphatic carbocycles. The Morgan fingerprint density at radius 3 is 2.00 bits per heavy atom. The minimum Gasteiger partial charge on any atom is -0.366 e. The number of primary amides is 1. The summed E-state index contributed by atoms with van der Waals surface area (Å²) in [6.07, 6.45) is -17.6. The molecule has 1 aromatic heterocycles. The average Bonchev–Trinajstić information content (AvgIpc) is 2.82. The monoisotopic (exact) mass is 679 g/mol. The lowest BCUT2D eigenvalue weighted by atomic mass is 9.92. The van der Waals surface area contributed by atoms with Gasteiger partial charge in [-0.3, -0.25) is 14.6 Å². The molecule has 0 aliphatic heterocycles. The molecule has 0 bridgehead atoms. The van der Waals surface area contributed by atoms with Crippen molar-refractivity contribution < 1.29 is 53.5 Å². The van der Waals surface area contributed by atoms with Gasteiger partial charge in [0.05, 0.1) is 22.5 Å². The largest absolute Gasteiger partial charge is 0.435 e. The van der Waals surface area contributed by atoms with E-state index in [1.54, 1.807) is 0 Å². The molecule has 16 heteroatoms. The maximum Gasteiger partial charge on any atom is 0.435 e. The van der Waals surface area contributed by atoms with Crippen molar-refractivity contribution >= 4 is 40.1 Å². The molecule has 0 atom stereocenters. The Bertz CT molecular complexity index is 1420. The first kappa shape index (κ1) is 30.1. The minimum absolute atomic E-state index is 0.0214. The van der Waals surface area contributed by atoms with E-state index in [0.717, 1.165) is 34.7 Å². The fourth-order valence-electron chi connectivity index (χ4n) is 3.47. The molecular weight excluding hydrogens is 667 g/mol. The van der Waals surface area contributed by atoms with Crippen LogP contribution in [-0.2, 0) is 11.8 Å². The Morgan fingerprint density at radius 2 is 1.46 bits per heavy atom. The number of halogens is 11. The van der Waals surface area contributed by atoms with Crippen LogP contribution in [0.4, 0.5) is 49.6 Å². The van der Waals surface area contributed by atoms with E-state index < -0.39 is 62.5 Å². The van der Waals surface area contributed by atoms with Crippen LogP contribution in [0, 0.1) is 3.57 Å². The Hall–Kier alpha value is -3.44. The van der Waals surface area contributed by atoms with Gasteiger partial charge in [-0.1, -0.05) is 12.1 Å². The topological polar surface area (TPSA) is 85.1 Å². The summed E-state index contributed by atoms with van der Waals surface area (Å²) >= 11 is 0.951. The Labute approximate surface area is 225 Å². The van der Waals surface area contributed by atoms with Crippen molar-refractivity contribution in [3.63, 3.8) is 0 Å². The van der Waals surface area contributed by atoms with Crippen molar-refractivity contribution in [3.8, 4) is 11.3 Å². The van der Waals surface area contributed by atoms with E-state index in [-0.39, 0.29) is 28.5 Å². The zero-order chi connectivity index (χ0) is 29.6. The van der Waals surface area contributed by atoms with Gasteiger partial charge in [0, 0.05) is 26.5 Å². The van der Waals surface area contributed by atoms with Crippen LogP contribution in [0.5, 0.6) is 0 Å². The van der Waals surface area contributed by atoms with Gasteiger partial charge in [-0.15, -0.1) is 0 Å². The van der Waals surface area contributed by atoms with Gasteiger partial charge in [-0.05, 0) is 59.0 Å². The number of hydrogen-bond donors (Lipinski definition) is 2. The smallest absolute Gasteiger partial charge is 0.366 e. The number of aromatic nitrogens is 1. The molecule has 0 radical (unpaired) electrons. The maximum atomic E-state index is 14.5. The molecule has 3 aromatic rings. The van der Waals surface area contributed by atoms with Crippen molar-refractivity contribution in [2.24, 2.45) is 5.73 Å². The second-order valence-electron chi connectivity index (χ2n) is 7.83. The summed E-state index contributed by atoms with van der Waals surface area (Å²) < 4.78 is 134. The number of nitrogens with two attached hydrogens (primary N) is 1. The molecule has 0 fully saturated rings. The summed E-state index contributed by atoms with van der Waals surface area (Å²) in [5, 5.41) is 1.81. The van der Waals surface area contributed by atoms with Gasteiger partial charge in [0.15, 0.2) is 0 Å². The van der Waals surface area contributed by atoms with Crippen LogP contribution in [0.3, 0.4) is 0 Å². The number of nitrogens with one attached hydrogen (secondary N) is 1. The number of benzene rings is 2. The van der Waals surface area contributed by atoms with Gasteiger partial charge < -0.3 is 11.1 Å². The first-order valence-electron chi connectivity index (χ1n) is 10.2. The van der Waals surface area contributed by atoms with E-state index in [1.807, 2.05) is 5.32 Å². The van der Waals surface area contributed by atoms with Gasteiger partial charge in [0.2, 0.25) is 0 Å². The third kappa shape index (κ3) is 5.79. The van der Waals surface area contributed by atoms with Gasteiger partial charge in [0.25, 0.3) is 11.8 Å². The molecule has 208 valence electrons. The molecule has 5 nitrogen and oxygen atoms in total. The summed E-state index contributed by atoms with van der Waals surface area (Å²) in [7, 11) is 0. The van der Waals surface area contributed by atoms with Crippen molar-refractivity contribution in [3.05, 3.63) is 80.6 Å². The van der Waals surface area contributed by atoms with Crippen LogP contribution in [0.15, 0.2) is 54.7 Å². The third-order valence-corrected chi connectivity index (χ3v) is 6.14. The average molecular weight is 679 g/mol. The summed E-state index contributed by atoms with van der Waals surface area (Å²) in [6.45, 7) is 0. The molecule has 2 amide bonds. The Kier molecular flexibility index (Phi) is 7.93. The molecule has 39 heavy (non-hydrogen) atoms. The van der Waals surface area contributed by atoms with Gasteiger partial charge in [0.1, 0.15) is 0 Å². The second-order valence-corrected chi connectivity index (χ2v) is 8.99. The van der Waals surface area contributed by atoms with Crippen LogP contribution in [-0.4, -0.2) is 29.2 Å². The van der Waals surface area contributed by atoms with Crippen molar-refractivity contribution in [1.29, 1.82) is 0 Å². The quantitative estimate of drug-likeness (QED) is 0.225. The molecule has 3 rings (SSSR count). The predicted octanol–water partition coefficient (Wildman–Crippen LogP) is 7.01. The van der Waals surface area contributed by atoms with E-state index in [0.29, 0.717) is 0 Å². The van der Waals surface area contributed by atoms with Crippen LogP contribution in [0.2, 0.25) is 0 Å². The number of pyridine rings is 1. The van der Waals surface area contributed by atoms with E-state index >= 15 is 0 Å². The second kappa shape index (κ2) is 10.3. The molecule has 0 spiro atoms. The lowest BCUT2D eigenvalue weighted by Gasteiger charge is -2.31. The van der Waals surface area contributed by atoms with Crippen LogP contribution in [0.1, 0.15) is 31.8 Å². The summed E-state index contributed by atoms with van der Waals surface area (Å²) in [4.78, 5) is 28.5. The number of amides is 2. The maximum absolute atomic E-state index is 14.5. The van der Waals surface area contributed by atoms with E-state index in [9.17, 15) is 53.5 Å². The number of carbonyl (C=O) groups is 2. The summed E-state index contributed by atoms with van der Waals surface area (Å²) in [6, 6.07) is 6.88. The Balaban J connectivity index is 2.11. The number of carbonyl (C=O) groups excluding carboxylic acids is 2. The van der Waals surface area contributed by atoms with Gasteiger partial charge >= 0.3 is 24.2 Å². The fourth-order valence-corrected chi connectivity index (χ4v) is 4.23. The highest BCUT2D eigenvalue weighted by molar-refractivity contribution is 14.1. The zero-order valence-electron chi connectivity index (χ0n) is 18.7. The van der Waals surface area contributed by atoms with Gasteiger partial charge in [-0.2, -0.15) is 39.5 Å². The minimum atomic E-state index is -6.66. The van der Waals surface area contributed by atoms with E-state index in [1.165, 1.54) is 30.5 Å². The van der Waals surface area contributed by atoms with E-state index in [2.05, 4.69) is 4.98 Å². The van der Waals surface area contributed by atoms with Gasteiger partial charge in [-0.25, -0.2) is 4.39 Å². The molecule has 0 aliphatic rings. The number of rotatable bonds is 5. The fraction of sp³-hybridized carbons (Fsp3) is 0.174. The van der Waals surface area contributed by atoms with E-state index in [4.69, 9.17) is 5.73 Å². The summed E-state index contributed by atoms with van der Waals surface area (Å²) in [5.41, 5.74) is -6.78. The number of nitrogens with zero attached hydrogens (tertiary/aromatic N) is 1. The first-order valence-corrected chi connectivity index (χ1v) is 11.3. The van der Waals surface area contributed by atoms with Crippen molar-refractivity contribution in [1.82, 2.24) is 4.98 Å². The van der Waals surface area contributed by atoms with Crippen molar-refractivity contribution in [2.75, 3.05) is 5.32 Å². The molecule has 3 N–H and O–H groups in total. The molecule has 0 unspecified atom stereocenters. The highest BCUT2D eigenvalue weighted by Crippen LogP contribution is 2.54. The Morgan fingerprint density at radius 1 is 0.846 bits per heavy atom. The lowest BCUT2D eigenvalue weighted by Crippen LogP contribution is -2.50. The number of hydrogen-bond acceptors (Lipinski definition) is 3. The standard InChI is InChI=1S/C23H12F10IN3O2/c24-20(22(28,29)30,23(31,32)33)12-8-14(21(25,26)27)17(15(34)9-12)37-19(39)11-4-1-3-10(7-11)16-13(18(35)38)5-2-6-36-16/h1-9H,(H2,35,38)(H,37,39). The third-order valence-electron chi connectivity index (χ3n) is 5.28. The number of alkyl halides is 10. The highest BCUT2D eigenvalue weighted by Gasteiger charge is 2.73. The molecule has 0 saturated carbocycles. The first-order chi connectivity index (χ1) is 17.8. The SMILES string of the molecule is NC(=O)c1cccnc1-c1cccc(C(=O)Nc2c(I)cc(C(F)(C(F)(F)F)C(F)(F)F)cc2C(F)(F)F)c1. The highest BCUT2D eigenvalue weighted by atomic mass is 127. The van der Waals surface area contributed by atoms with Crippen LogP contribution < -0.4 is 11.1 Å². The molecule has 0 saturated heterocycles. The predicted molar refractivity (Wildman–Crippen MR) is 125 cm³/mol. The molecule has 1 heterocycles. The number of anilines is 1. The lowest BCUT2D eigenvalue weighted by molar-refractivity contribution is -0.348. The molecular formula is C23H12F10IN3O2.